The van der Waals surface area contributed by atoms with Gasteiger partial charge in [0.05, 0.1) is 19.4 Å². The van der Waals surface area contributed by atoms with Gasteiger partial charge < -0.3 is 9.47 Å². The largest absolute Gasteiger partial charge is 0.466 e. The zero-order valence-electron chi connectivity index (χ0n) is 14.6. The van der Waals surface area contributed by atoms with E-state index in [-0.39, 0.29) is 35.4 Å². The first-order chi connectivity index (χ1) is 11.2. The summed E-state index contributed by atoms with van der Waals surface area (Å²) in [7, 11) is 1.31. The number of ketones is 1. The normalized spacial score (nSPS) is 28.2. The summed E-state index contributed by atoms with van der Waals surface area (Å²) < 4.78 is 10.2. The SMILES string of the molecule is C=CCC1=C(C)C(OC(=O)[C@@H]2[C@H](/C=C\C(=O)OC)C2(C)C)CC1=O. The molecule has 5 nitrogen and oxygen atoms in total. The third-order valence-corrected chi connectivity index (χ3v) is 5.08. The minimum atomic E-state index is -0.485. The molecule has 0 spiro atoms. The van der Waals surface area contributed by atoms with Crippen molar-refractivity contribution in [3.63, 3.8) is 0 Å². The Labute approximate surface area is 142 Å². The fraction of sp³-hybridized carbons (Fsp3) is 0.526. The second-order valence-corrected chi connectivity index (χ2v) is 6.91. The van der Waals surface area contributed by atoms with Gasteiger partial charge in [0.2, 0.25) is 0 Å². The van der Waals surface area contributed by atoms with Crippen LogP contribution in [0, 0.1) is 17.3 Å². The maximum atomic E-state index is 12.5. The highest BCUT2D eigenvalue weighted by atomic mass is 16.5. The van der Waals surface area contributed by atoms with Gasteiger partial charge in [0.15, 0.2) is 5.78 Å². The Morgan fingerprint density at radius 2 is 2.04 bits per heavy atom. The molecule has 2 aliphatic carbocycles. The first-order valence-electron chi connectivity index (χ1n) is 8.04. The molecule has 5 heteroatoms. The Morgan fingerprint density at radius 3 is 2.62 bits per heavy atom. The van der Waals surface area contributed by atoms with Crippen molar-refractivity contribution in [1.82, 2.24) is 0 Å². The third-order valence-electron chi connectivity index (χ3n) is 5.08. The van der Waals surface area contributed by atoms with Crippen molar-refractivity contribution < 1.29 is 23.9 Å². The molecule has 0 aliphatic heterocycles. The van der Waals surface area contributed by atoms with Crippen LogP contribution >= 0.6 is 0 Å². The summed E-state index contributed by atoms with van der Waals surface area (Å²) in [6.45, 7) is 9.39. The van der Waals surface area contributed by atoms with E-state index in [0.717, 1.165) is 5.57 Å². The lowest BCUT2D eigenvalue weighted by Gasteiger charge is -2.13. The number of rotatable bonds is 6. The predicted molar refractivity (Wildman–Crippen MR) is 88.9 cm³/mol. The third kappa shape index (κ3) is 3.35. The smallest absolute Gasteiger partial charge is 0.330 e. The summed E-state index contributed by atoms with van der Waals surface area (Å²) in [5.41, 5.74) is 1.24. The zero-order valence-corrected chi connectivity index (χ0v) is 14.6. The van der Waals surface area contributed by atoms with Crippen LogP contribution in [0.25, 0.3) is 0 Å². The molecule has 0 bridgehead atoms. The molecule has 0 aromatic carbocycles. The van der Waals surface area contributed by atoms with Gasteiger partial charge in [0, 0.05) is 11.6 Å². The van der Waals surface area contributed by atoms with Crippen LogP contribution in [0.15, 0.2) is 36.0 Å². The molecule has 24 heavy (non-hydrogen) atoms. The molecule has 1 fully saturated rings. The molecule has 0 radical (unpaired) electrons. The van der Waals surface area contributed by atoms with E-state index >= 15 is 0 Å². The van der Waals surface area contributed by atoms with E-state index in [4.69, 9.17) is 4.74 Å². The fourth-order valence-electron chi connectivity index (χ4n) is 3.36. The van der Waals surface area contributed by atoms with Gasteiger partial charge in [-0.05, 0) is 30.3 Å². The summed E-state index contributed by atoms with van der Waals surface area (Å²) >= 11 is 0. The van der Waals surface area contributed by atoms with Crippen molar-refractivity contribution in [3.8, 4) is 0 Å². The molecule has 1 unspecified atom stereocenters. The van der Waals surface area contributed by atoms with E-state index in [0.29, 0.717) is 12.0 Å². The number of Topliss-reactive ketones (excluding diaryl/α,β-unsaturated/α-hetero) is 1. The molecule has 1 saturated carbocycles. The van der Waals surface area contributed by atoms with Crippen LogP contribution in [0.3, 0.4) is 0 Å². The Balaban J connectivity index is 2.03. The van der Waals surface area contributed by atoms with Gasteiger partial charge in [0.25, 0.3) is 0 Å². The van der Waals surface area contributed by atoms with Crippen LogP contribution in [-0.4, -0.2) is 30.9 Å². The van der Waals surface area contributed by atoms with Crippen LogP contribution in [0.5, 0.6) is 0 Å². The molecule has 3 atom stereocenters. The van der Waals surface area contributed by atoms with E-state index in [2.05, 4.69) is 11.3 Å². The molecule has 0 heterocycles. The van der Waals surface area contributed by atoms with Crippen LogP contribution in [0.4, 0.5) is 0 Å². The van der Waals surface area contributed by atoms with Crippen molar-refractivity contribution in [3.05, 3.63) is 36.0 Å². The number of carbonyl (C=O) groups excluding carboxylic acids is 3. The van der Waals surface area contributed by atoms with Crippen LogP contribution < -0.4 is 0 Å². The van der Waals surface area contributed by atoms with Gasteiger partial charge in [-0.25, -0.2) is 4.79 Å². The van der Waals surface area contributed by atoms with E-state index in [1.807, 2.05) is 20.8 Å². The summed E-state index contributed by atoms with van der Waals surface area (Å²) in [6.07, 6.45) is 4.93. The van der Waals surface area contributed by atoms with E-state index in [1.54, 1.807) is 12.2 Å². The zero-order chi connectivity index (χ0) is 18.1. The lowest BCUT2D eigenvalue weighted by molar-refractivity contribution is -0.150. The quantitative estimate of drug-likeness (QED) is 0.425. The number of methoxy groups -OCH3 is 1. The Kier molecular flexibility index (Phi) is 5.11. The predicted octanol–water partition coefficient (Wildman–Crippen LogP) is 2.77. The number of esters is 2. The first-order valence-corrected chi connectivity index (χ1v) is 8.04. The first kappa shape index (κ1) is 18.2. The molecular weight excluding hydrogens is 308 g/mol. The average Bonchev–Trinajstić information content (AvgIpc) is 2.99. The number of hydrogen-bond acceptors (Lipinski definition) is 5. The van der Waals surface area contributed by atoms with Gasteiger partial charge in [-0.1, -0.05) is 26.0 Å². The minimum absolute atomic E-state index is 0.0161. The highest BCUT2D eigenvalue weighted by Crippen LogP contribution is 2.59. The lowest BCUT2D eigenvalue weighted by Crippen LogP contribution is -2.20. The van der Waals surface area contributed by atoms with Crippen LogP contribution in [0.1, 0.15) is 33.6 Å². The number of allylic oxidation sites excluding steroid dienone is 3. The van der Waals surface area contributed by atoms with Gasteiger partial charge in [-0.3, -0.25) is 9.59 Å². The second kappa shape index (κ2) is 6.75. The monoisotopic (exact) mass is 332 g/mol. The molecule has 0 aromatic rings. The maximum absolute atomic E-state index is 12.5. The van der Waals surface area contributed by atoms with Gasteiger partial charge in [0.1, 0.15) is 6.10 Å². The minimum Gasteiger partial charge on any atom is -0.466 e. The van der Waals surface area contributed by atoms with Gasteiger partial charge >= 0.3 is 11.9 Å². The summed E-state index contributed by atoms with van der Waals surface area (Å²) in [5, 5.41) is 0. The number of ether oxygens (including phenoxy) is 2. The van der Waals surface area contributed by atoms with Crippen LogP contribution in [0.2, 0.25) is 0 Å². The number of carbonyl (C=O) groups is 3. The lowest BCUT2D eigenvalue weighted by atomic mass is 10.1. The summed E-state index contributed by atoms with van der Waals surface area (Å²) in [6, 6.07) is 0. The maximum Gasteiger partial charge on any atom is 0.330 e. The molecule has 2 aliphatic rings. The highest BCUT2D eigenvalue weighted by molar-refractivity contribution is 6.00. The molecule has 2 rings (SSSR count). The van der Waals surface area contributed by atoms with Gasteiger partial charge in [-0.15, -0.1) is 6.58 Å². The summed E-state index contributed by atoms with van der Waals surface area (Å²) in [5.74, 6) is -1.14. The second-order valence-electron chi connectivity index (χ2n) is 6.91. The van der Waals surface area contributed by atoms with Gasteiger partial charge in [-0.2, -0.15) is 0 Å². The molecule has 0 N–H and O–H groups in total. The van der Waals surface area contributed by atoms with Crippen molar-refractivity contribution in [2.75, 3.05) is 7.11 Å². The Hall–Kier alpha value is -2.17. The van der Waals surface area contributed by atoms with Crippen molar-refractivity contribution in [2.45, 2.75) is 39.7 Å². The van der Waals surface area contributed by atoms with Crippen molar-refractivity contribution >= 4 is 17.7 Å². The molecular formula is C19H24O5. The van der Waals surface area contributed by atoms with E-state index < -0.39 is 12.1 Å². The standard InChI is InChI=1S/C19H24O5/c1-6-7-12-11(2)15(10-14(12)20)24-18(22)17-13(19(17,3)4)8-9-16(21)23-5/h6,8-9,13,15,17H,1,7,10H2,2-5H3/b9-8-/t13-,15?,17-/m0/s1. The molecule has 0 amide bonds. The average molecular weight is 332 g/mol. The Morgan fingerprint density at radius 1 is 1.38 bits per heavy atom. The Bertz CT molecular complexity index is 638. The summed E-state index contributed by atoms with van der Waals surface area (Å²) in [4.78, 5) is 35.7. The van der Waals surface area contributed by atoms with E-state index in [1.165, 1.54) is 13.2 Å². The fourth-order valence-corrected chi connectivity index (χ4v) is 3.36. The molecule has 130 valence electrons. The highest BCUT2D eigenvalue weighted by Gasteiger charge is 2.61. The van der Waals surface area contributed by atoms with Crippen molar-refractivity contribution in [2.24, 2.45) is 17.3 Å². The number of hydrogen-bond donors (Lipinski definition) is 0. The molecule has 0 saturated heterocycles. The van der Waals surface area contributed by atoms with E-state index in [9.17, 15) is 14.4 Å². The van der Waals surface area contributed by atoms with Crippen molar-refractivity contribution in [1.29, 1.82) is 0 Å². The van der Waals surface area contributed by atoms with Crippen LogP contribution in [-0.2, 0) is 23.9 Å². The topological polar surface area (TPSA) is 69.7 Å². The molecule has 0 aromatic heterocycles.